The molecule has 1 aliphatic heterocycles. The van der Waals surface area contributed by atoms with Crippen LogP contribution >= 0.6 is 0 Å². The Bertz CT molecular complexity index is 711. The van der Waals surface area contributed by atoms with E-state index in [4.69, 9.17) is 4.74 Å². The number of Topliss-reactive ketones (excluding diaryl/α,β-unsaturated/α-hetero) is 1. The van der Waals surface area contributed by atoms with Gasteiger partial charge < -0.3 is 14.5 Å². The van der Waals surface area contributed by atoms with Crippen molar-refractivity contribution in [3.8, 4) is 0 Å². The van der Waals surface area contributed by atoms with Gasteiger partial charge in [-0.05, 0) is 33.6 Å². The molecule has 1 fully saturated rings. The Hall–Kier alpha value is -2.38. The fourth-order valence-corrected chi connectivity index (χ4v) is 3.21. The Morgan fingerprint density at radius 1 is 1.12 bits per heavy atom. The van der Waals surface area contributed by atoms with Crippen LogP contribution in [0.1, 0.15) is 49.7 Å². The quantitative estimate of drug-likeness (QED) is 0.796. The average Bonchev–Trinajstić information content (AvgIpc) is 2.97. The van der Waals surface area contributed by atoms with Crippen molar-refractivity contribution in [1.82, 2.24) is 19.6 Å². The summed E-state index contributed by atoms with van der Waals surface area (Å²) >= 11 is 0. The van der Waals surface area contributed by atoms with Crippen molar-refractivity contribution in [3.63, 3.8) is 0 Å². The van der Waals surface area contributed by atoms with Gasteiger partial charge in [0.15, 0.2) is 5.78 Å². The zero-order valence-electron chi connectivity index (χ0n) is 15.7. The van der Waals surface area contributed by atoms with Gasteiger partial charge in [-0.25, -0.2) is 4.79 Å². The average molecular weight is 362 g/mol. The lowest BCUT2D eigenvalue weighted by Crippen LogP contribution is -2.52. The molecule has 26 heavy (non-hydrogen) atoms. The lowest BCUT2D eigenvalue weighted by atomic mass is 9.97. The van der Waals surface area contributed by atoms with Crippen molar-refractivity contribution >= 4 is 17.8 Å². The van der Waals surface area contributed by atoms with E-state index >= 15 is 0 Å². The molecule has 0 bridgehead atoms. The van der Waals surface area contributed by atoms with Crippen LogP contribution in [0.25, 0.3) is 0 Å². The number of ether oxygens (including phenoxy) is 1. The van der Waals surface area contributed by atoms with Crippen LogP contribution in [0, 0.1) is 0 Å². The summed E-state index contributed by atoms with van der Waals surface area (Å²) in [6.45, 7) is 7.46. The number of piperazine rings is 1. The summed E-state index contributed by atoms with van der Waals surface area (Å²) in [6.07, 6.45) is 3.51. The number of amides is 2. The molecule has 142 valence electrons. The predicted molar refractivity (Wildman–Crippen MR) is 93.9 cm³/mol. The fourth-order valence-electron chi connectivity index (χ4n) is 3.21. The molecule has 2 amide bonds. The summed E-state index contributed by atoms with van der Waals surface area (Å²) in [5.41, 5.74) is 0.920. The molecule has 2 aliphatic rings. The van der Waals surface area contributed by atoms with E-state index in [1.807, 2.05) is 20.8 Å². The van der Waals surface area contributed by atoms with E-state index in [1.54, 1.807) is 20.7 Å². The highest BCUT2D eigenvalue weighted by Gasteiger charge is 2.28. The van der Waals surface area contributed by atoms with Crippen molar-refractivity contribution in [2.75, 3.05) is 26.2 Å². The van der Waals surface area contributed by atoms with Crippen LogP contribution in [-0.2, 0) is 22.5 Å². The molecule has 1 aromatic heterocycles. The van der Waals surface area contributed by atoms with E-state index < -0.39 is 5.60 Å². The first kappa shape index (κ1) is 18.4. The Balaban J connectivity index is 1.53. The van der Waals surface area contributed by atoms with Gasteiger partial charge in [0.05, 0.1) is 11.3 Å². The van der Waals surface area contributed by atoms with E-state index in [0.29, 0.717) is 38.2 Å². The Morgan fingerprint density at radius 2 is 1.77 bits per heavy atom. The second-order valence-corrected chi connectivity index (χ2v) is 7.81. The summed E-state index contributed by atoms with van der Waals surface area (Å²) in [4.78, 5) is 39.8. The first-order chi connectivity index (χ1) is 12.2. The van der Waals surface area contributed by atoms with Crippen LogP contribution < -0.4 is 0 Å². The third-order valence-electron chi connectivity index (χ3n) is 4.54. The highest BCUT2D eigenvalue weighted by atomic mass is 16.6. The topological polar surface area (TPSA) is 84.7 Å². The number of carbonyl (C=O) groups excluding carboxylic acids is 3. The van der Waals surface area contributed by atoms with Gasteiger partial charge in [0.25, 0.3) is 0 Å². The second kappa shape index (κ2) is 7.09. The molecule has 8 heteroatoms. The third kappa shape index (κ3) is 4.23. The van der Waals surface area contributed by atoms with Gasteiger partial charge in [0.2, 0.25) is 5.91 Å². The monoisotopic (exact) mass is 362 g/mol. The summed E-state index contributed by atoms with van der Waals surface area (Å²) in [5, 5.41) is 4.38. The van der Waals surface area contributed by atoms with Crippen LogP contribution in [0.5, 0.6) is 0 Å². The molecule has 3 rings (SSSR count). The van der Waals surface area contributed by atoms with Crippen LogP contribution in [-0.4, -0.2) is 69.1 Å². The number of carbonyl (C=O) groups is 3. The molecule has 2 heterocycles. The molecule has 1 saturated heterocycles. The number of fused-ring (bicyclic) bond motifs is 1. The zero-order chi connectivity index (χ0) is 18.9. The van der Waals surface area contributed by atoms with Crippen molar-refractivity contribution < 1.29 is 19.1 Å². The van der Waals surface area contributed by atoms with E-state index in [0.717, 1.165) is 18.5 Å². The summed E-state index contributed by atoms with van der Waals surface area (Å²) in [5.74, 6) is 0.0528. The van der Waals surface area contributed by atoms with Crippen LogP contribution in [0.15, 0.2) is 6.20 Å². The third-order valence-corrected chi connectivity index (χ3v) is 4.54. The minimum absolute atomic E-state index is 0.0545. The summed E-state index contributed by atoms with van der Waals surface area (Å²) in [7, 11) is 0. The number of rotatable bonds is 2. The summed E-state index contributed by atoms with van der Waals surface area (Å²) < 4.78 is 6.93. The Labute approximate surface area is 153 Å². The minimum atomic E-state index is -0.527. The zero-order valence-corrected chi connectivity index (χ0v) is 15.7. The largest absolute Gasteiger partial charge is 0.444 e. The van der Waals surface area contributed by atoms with Crippen LogP contribution in [0.4, 0.5) is 4.79 Å². The second-order valence-electron chi connectivity index (χ2n) is 7.81. The molecular formula is C18H26N4O4. The van der Waals surface area contributed by atoms with Crippen LogP contribution in [0.2, 0.25) is 0 Å². The van der Waals surface area contributed by atoms with Gasteiger partial charge in [-0.3, -0.25) is 14.3 Å². The standard InChI is InChI=1S/C18H26N4O4/c1-18(2,3)26-17(25)21-9-7-20(8-10-21)16(24)12-22-11-13-14(19-22)5-4-6-15(13)23/h11H,4-10,12H2,1-3H3. The van der Waals surface area contributed by atoms with Gasteiger partial charge >= 0.3 is 6.09 Å². The molecule has 8 nitrogen and oxygen atoms in total. The molecule has 0 saturated carbocycles. The SMILES string of the molecule is CC(C)(C)OC(=O)N1CCN(C(=O)Cn2cc3c(n2)CCCC3=O)CC1. The molecule has 0 N–H and O–H groups in total. The normalized spacial score (nSPS) is 17.9. The van der Waals surface area contributed by atoms with Crippen molar-refractivity contribution in [1.29, 1.82) is 0 Å². The number of aryl methyl sites for hydroxylation is 1. The maximum Gasteiger partial charge on any atom is 0.410 e. The van der Waals surface area contributed by atoms with Gasteiger partial charge in [0.1, 0.15) is 12.1 Å². The first-order valence-corrected chi connectivity index (χ1v) is 9.08. The van der Waals surface area contributed by atoms with Gasteiger partial charge in [-0.15, -0.1) is 0 Å². The highest BCUT2D eigenvalue weighted by molar-refractivity contribution is 5.97. The summed E-state index contributed by atoms with van der Waals surface area (Å²) in [6, 6.07) is 0. The number of hydrogen-bond acceptors (Lipinski definition) is 5. The number of aromatic nitrogens is 2. The van der Waals surface area contributed by atoms with Crippen LogP contribution in [0.3, 0.4) is 0 Å². The lowest BCUT2D eigenvalue weighted by Gasteiger charge is -2.35. The number of ketones is 1. The van der Waals surface area contributed by atoms with E-state index in [-0.39, 0.29) is 24.3 Å². The van der Waals surface area contributed by atoms with Gasteiger partial charge in [-0.2, -0.15) is 5.10 Å². The Kier molecular flexibility index (Phi) is 5.02. The van der Waals surface area contributed by atoms with Gasteiger partial charge in [-0.1, -0.05) is 0 Å². The molecule has 1 aliphatic carbocycles. The maximum absolute atomic E-state index is 12.5. The lowest BCUT2D eigenvalue weighted by molar-refractivity contribution is -0.133. The minimum Gasteiger partial charge on any atom is -0.444 e. The smallest absolute Gasteiger partial charge is 0.410 e. The molecule has 0 unspecified atom stereocenters. The van der Waals surface area contributed by atoms with Crippen molar-refractivity contribution in [2.45, 2.75) is 52.2 Å². The molecule has 0 atom stereocenters. The molecule has 0 aromatic carbocycles. The maximum atomic E-state index is 12.5. The molecule has 0 radical (unpaired) electrons. The first-order valence-electron chi connectivity index (χ1n) is 9.08. The van der Waals surface area contributed by atoms with E-state index in [2.05, 4.69) is 5.10 Å². The molecule has 0 spiro atoms. The van der Waals surface area contributed by atoms with Crippen molar-refractivity contribution in [3.05, 3.63) is 17.5 Å². The molecular weight excluding hydrogens is 336 g/mol. The van der Waals surface area contributed by atoms with E-state index in [9.17, 15) is 14.4 Å². The Morgan fingerprint density at radius 3 is 2.38 bits per heavy atom. The molecule has 1 aromatic rings. The number of nitrogens with zero attached hydrogens (tertiary/aromatic N) is 4. The van der Waals surface area contributed by atoms with E-state index in [1.165, 1.54) is 0 Å². The number of hydrogen-bond donors (Lipinski definition) is 0. The highest BCUT2D eigenvalue weighted by Crippen LogP contribution is 2.19. The van der Waals surface area contributed by atoms with Crippen molar-refractivity contribution in [2.24, 2.45) is 0 Å². The van der Waals surface area contributed by atoms with Gasteiger partial charge in [0, 0.05) is 38.8 Å². The fraction of sp³-hybridized carbons (Fsp3) is 0.667. The predicted octanol–water partition coefficient (Wildman–Crippen LogP) is 1.48.